The molecule has 0 saturated heterocycles. The molecular weight excluding hydrogens is 294 g/mol. The van der Waals surface area contributed by atoms with Crippen LogP contribution in [0.3, 0.4) is 0 Å². The summed E-state index contributed by atoms with van der Waals surface area (Å²) < 4.78 is 1.29. The van der Waals surface area contributed by atoms with Crippen LogP contribution in [-0.2, 0) is 6.42 Å². The molecule has 17 heavy (non-hydrogen) atoms. The molecule has 92 valence electrons. The van der Waals surface area contributed by atoms with Crippen LogP contribution in [0.1, 0.15) is 32.2 Å². The van der Waals surface area contributed by atoms with Crippen LogP contribution >= 0.6 is 27.3 Å². The molecule has 0 N–H and O–H groups in total. The monoisotopic (exact) mass is 311 g/mol. The molecule has 0 amide bonds. The van der Waals surface area contributed by atoms with Gasteiger partial charge in [-0.15, -0.1) is 11.3 Å². The highest BCUT2D eigenvalue weighted by molar-refractivity contribution is 9.09. The van der Waals surface area contributed by atoms with E-state index in [0.29, 0.717) is 10.2 Å². The van der Waals surface area contributed by atoms with Crippen molar-refractivity contribution in [3.05, 3.63) is 29.3 Å². The predicted octanol–water partition coefficient (Wildman–Crippen LogP) is 5.04. The number of benzene rings is 1. The zero-order chi connectivity index (χ0) is 12.5. The summed E-state index contributed by atoms with van der Waals surface area (Å²) in [4.78, 5) is 5.19. The minimum Gasteiger partial charge on any atom is -0.241 e. The van der Waals surface area contributed by atoms with Gasteiger partial charge in [0.25, 0.3) is 0 Å². The van der Waals surface area contributed by atoms with E-state index in [1.165, 1.54) is 16.1 Å². The smallest absolute Gasteiger partial charge is 0.0949 e. The predicted molar refractivity (Wildman–Crippen MR) is 80.1 cm³/mol. The van der Waals surface area contributed by atoms with Gasteiger partial charge in [-0.2, -0.15) is 0 Å². The summed E-state index contributed by atoms with van der Waals surface area (Å²) in [5.74, 6) is 0. The molecule has 0 fully saturated rings. The van der Waals surface area contributed by atoms with Gasteiger partial charge < -0.3 is 0 Å². The Morgan fingerprint density at radius 1 is 1.29 bits per heavy atom. The van der Waals surface area contributed by atoms with Gasteiger partial charge in [-0.3, -0.25) is 0 Å². The molecule has 1 aromatic heterocycles. The number of aromatic nitrogens is 1. The van der Waals surface area contributed by atoms with Gasteiger partial charge >= 0.3 is 0 Å². The molecule has 1 atom stereocenters. The van der Waals surface area contributed by atoms with Crippen molar-refractivity contribution >= 4 is 37.5 Å². The van der Waals surface area contributed by atoms with E-state index in [0.717, 1.165) is 11.9 Å². The Balaban J connectivity index is 2.08. The third-order valence-electron chi connectivity index (χ3n) is 2.57. The zero-order valence-electron chi connectivity index (χ0n) is 10.5. The maximum absolute atomic E-state index is 4.67. The molecule has 0 aliphatic carbocycles. The SMILES string of the molecule is CC(C)(C)CC(Br)Cc1nc2ccccc2s1. The van der Waals surface area contributed by atoms with Gasteiger partial charge in [-0.1, -0.05) is 48.8 Å². The minimum absolute atomic E-state index is 0.366. The first-order chi connectivity index (χ1) is 7.94. The molecule has 1 unspecified atom stereocenters. The first-order valence-electron chi connectivity index (χ1n) is 5.92. The van der Waals surface area contributed by atoms with Gasteiger partial charge in [-0.05, 0) is 24.0 Å². The fraction of sp³-hybridized carbons (Fsp3) is 0.500. The lowest BCUT2D eigenvalue weighted by atomic mass is 9.90. The molecule has 0 aliphatic heterocycles. The maximum Gasteiger partial charge on any atom is 0.0949 e. The van der Waals surface area contributed by atoms with Crippen LogP contribution in [0, 0.1) is 5.41 Å². The summed E-state index contributed by atoms with van der Waals surface area (Å²) in [5, 5.41) is 1.23. The van der Waals surface area contributed by atoms with Gasteiger partial charge in [0.1, 0.15) is 0 Å². The molecule has 1 nitrogen and oxygen atoms in total. The van der Waals surface area contributed by atoms with E-state index < -0.39 is 0 Å². The molecule has 0 radical (unpaired) electrons. The Labute approximate surface area is 115 Å². The summed E-state index contributed by atoms with van der Waals surface area (Å²) >= 11 is 5.58. The molecule has 1 aromatic carbocycles. The Morgan fingerprint density at radius 3 is 2.65 bits per heavy atom. The van der Waals surface area contributed by atoms with Crippen molar-refractivity contribution in [1.29, 1.82) is 0 Å². The van der Waals surface area contributed by atoms with Crippen molar-refractivity contribution in [3.8, 4) is 0 Å². The second-order valence-corrected chi connectivity index (χ2v) is 8.05. The van der Waals surface area contributed by atoms with Crippen molar-refractivity contribution in [3.63, 3.8) is 0 Å². The topological polar surface area (TPSA) is 12.9 Å². The fourth-order valence-corrected chi connectivity index (χ4v) is 4.47. The number of rotatable bonds is 3. The number of thiazole rings is 1. The average Bonchev–Trinajstić information content (AvgIpc) is 2.55. The Morgan fingerprint density at radius 2 is 2.00 bits per heavy atom. The molecule has 0 saturated carbocycles. The third-order valence-corrected chi connectivity index (χ3v) is 4.27. The fourth-order valence-electron chi connectivity index (χ4n) is 1.93. The Kier molecular flexibility index (Phi) is 3.88. The summed E-state index contributed by atoms with van der Waals surface area (Å²) in [6, 6.07) is 8.35. The van der Waals surface area contributed by atoms with E-state index in [9.17, 15) is 0 Å². The van der Waals surface area contributed by atoms with E-state index >= 15 is 0 Å². The van der Waals surface area contributed by atoms with E-state index in [2.05, 4.69) is 59.9 Å². The zero-order valence-corrected chi connectivity index (χ0v) is 12.9. The van der Waals surface area contributed by atoms with Crippen LogP contribution in [0.2, 0.25) is 0 Å². The maximum atomic E-state index is 4.67. The molecule has 0 aliphatic rings. The van der Waals surface area contributed by atoms with Gasteiger partial charge in [0, 0.05) is 11.2 Å². The van der Waals surface area contributed by atoms with E-state index in [1.807, 2.05) is 17.4 Å². The van der Waals surface area contributed by atoms with Crippen LogP contribution in [0.25, 0.3) is 10.2 Å². The van der Waals surface area contributed by atoms with Crippen LogP contribution in [-0.4, -0.2) is 9.81 Å². The lowest BCUT2D eigenvalue weighted by Crippen LogP contribution is -2.14. The van der Waals surface area contributed by atoms with E-state index in [-0.39, 0.29) is 0 Å². The molecule has 1 heterocycles. The number of nitrogens with zero attached hydrogens (tertiary/aromatic N) is 1. The third kappa shape index (κ3) is 3.78. The summed E-state index contributed by atoms with van der Waals surface area (Å²) in [5.41, 5.74) is 1.49. The summed E-state index contributed by atoms with van der Waals surface area (Å²) in [6.45, 7) is 6.83. The lowest BCUT2D eigenvalue weighted by Gasteiger charge is -2.21. The Bertz CT molecular complexity index is 465. The second kappa shape index (κ2) is 5.07. The number of hydrogen-bond donors (Lipinski definition) is 0. The first kappa shape index (κ1) is 13.0. The highest BCUT2D eigenvalue weighted by atomic mass is 79.9. The quantitative estimate of drug-likeness (QED) is 0.724. The highest BCUT2D eigenvalue weighted by Crippen LogP contribution is 2.29. The van der Waals surface area contributed by atoms with Gasteiger partial charge in [0.2, 0.25) is 0 Å². The number of alkyl halides is 1. The molecule has 3 heteroatoms. The van der Waals surface area contributed by atoms with Gasteiger partial charge in [0.05, 0.1) is 15.2 Å². The summed E-state index contributed by atoms with van der Waals surface area (Å²) in [7, 11) is 0. The second-order valence-electron chi connectivity index (χ2n) is 5.64. The van der Waals surface area contributed by atoms with Crippen LogP contribution < -0.4 is 0 Å². The summed E-state index contributed by atoms with van der Waals surface area (Å²) in [6.07, 6.45) is 2.19. The van der Waals surface area contributed by atoms with Crippen LogP contribution in [0.4, 0.5) is 0 Å². The molecule has 0 bridgehead atoms. The van der Waals surface area contributed by atoms with Crippen molar-refractivity contribution in [2.75, 3.05) is 0 Å². The highest BCUT2D eigenvalue weighted by Gasteiger charge is 2.18. The van der Waals surface area contributed by atoms with Gasteiger partial charge in [0.15, 0.2) is 0 Å². The van der Waals surface area contributed by atoms with E-state index in [4.69, 9.17) is 0 Å². The van der Waals surface area contributed by atoms with Crippen LogP contribution in [0.15, 0.2) is 24.3 Å². The van der Waals surface area contributed by atoms with Crippen molar-refractivity contribution in [2.24, 2.45) is 5.41 Å². The van der Waals surface area contributed by atoms with Gasteiger partial charge in [-0.25, -0.2) is 4.98 Å². The number of halogens is 1. The minimum atomic E-state index is 0.366. The number of fused-ring (bicyclic) bond motifs is 1. The largest absolute Gasteiger partial charge is 0.241 e. The molecule has 2 aromatic rings. The molecule has 2 rings (SSSR count). The average molecular weight is 312 g/mol. The lowest BCUT2D eigenvalue weighted by molar-refractivity contribution is 0.373. The Hall–Kier alpha value is -0.410. The van der Waals surface area contributed by atoms with Crippen molar-refractivity contribution < 1.29 is 0 Å². The number of hydrogen-bond acceptors (Lipinski definition) is 2. The molecular formula is C14H18BrNS. The normalized spacial score (nSPS) is 14.1. The first-order valence-corrected chi connectivity index (χ1v) is 7.66. The standard InChI is InChI=1S/C14H18BrNS/c1-14(2,3)9-10(15)8-13-16-11-6-4-5-7-12(11)17-13/h4-7,10H,8-9H2,1-3H3. The van der Waals surface area contributed by atoms with Crippen molar-refractivity contribution in [2.45, 2.75) is 38.4 Å². The van der Waals surface area contributed by atoms with Crippen molar-refractivity contribution in [1.82, 2.24) is 4.98 Å². The molecule has 0 spiro atoms. The van der Waals surface area contributed by atoms with E-state index in [1.54, 1.807) is 0 Å². The van der Waals surface area contributed by atoms with Crippen LogP contribution in [0.5, 0.6) is 0 Å². The number of para-hydroxylation sites is 1.